The van der Waals surface area contributed by atoms with E-state index in [-0.39, 0.29) is 0 Å². The molecule has 1 aliphatic heterocycles. The number of halogens is 3. The van der Waals surface area contributed by atoms with Crippen LogP contribution in [0.1, 0.15) is 41.7 Å². The summed E-state index contributed by atoms with van der Waals surface area (Å²) < 4.78 is 39.8. The summed E-state index contributed by atoms with van der Waals surface area (Å²) in [7, 11) is 0. The van der Waals surface area contributed by atoms with Crippen LogP contribution in [0.2, 0.25) is 0 Å². The van der Waals surface area contributed by atoms with Gasteiger partial charge in [-0.2, -0.15) is 13.2 Å². The van der Waals surface area contributed by atoms with E-state index in [0.717, 1.165) is 30.8 Å². The number of hydrogen-bond acceptors (Lipinski definition) is 2. The van der Waals surface area contributed by atoms with Gasteiger partial charge in [0, 0.05) is 19.0 Å². The highest BCUT2D eigenvalue weighted by Gasteiger charge is 2.30. The van der Waals surface area contributed by atoms with Crippen molar-refractivity contribution in [2.24, 2.45) is 0 Å². The number of hydrogen-bond donors (Lipinski definition) is 1. The predicted octanol–water partition coefficient (Wildman–Crippen LogP) is 3.32. The van der Waals surface area contributed by atoms with E-state index in [1.54, 1.807) is 16.8 Å². The van der Waals surface area contributed by atoms with Crippen LogP contribution in [0.5, 0.6) is 0 Å². The zero-order valence-electron chi connectivity index (χ0n) is 11.3. The number of nitrogens with zero attached hydrogens (tertiary/aromatic N) is 2. The van der Waals surface area contributed by atoms with Crippen LogP contribution in [0.25, 0.3) is 0 Å². The summed E-state index contributed by atoms with van der Waals surface area (Å²) in [6, 6.07) is 5.27. The van der Waals surface area contributed by atoms with Crippen LogP contribution < -0.4 is 0 Å². The Labute approximate surface area is 120 Å². The van der Waals surface area contributed by atoms with Gasteiger partial charge in [0.05, 0.1) is 11.3 Å². The number of aromatic nitrogens is 2. The molecule has 2 aromatic rings. The van der Waals surface area contributed by atoms with Crippen LogP contribution in [-0.4, -0.2) is 14.7 Å². The summed E-state index contributed by atoms with van der Waals surface area (Å²) >= 11 is 0. The molecular formula is C15H15F3N2O. The number of fused-ring (bicyclic) bond motifs is 1. The Morgan fingerprint density at radius 3 is 2.86 bits per heavy atom. The van der Waals surface area contributed by atoms with Gasteiger partial charge in [0.2, 0.25) is 0 Å². The van der Waals surface area contributed by atoms with Gasteiger partial charge in [0.15, 0.2) is 0 Å². The van der Waals surface area contributed by atoms with Gasteiger partial charge in [-0.3, -0.25) is 0 Å². The van der Waals surface area contributed by atoms with E-state index in [9.17, 15) is 18.3 Å². The third-order valence-electron chi connectivity index (χ3n) is 3.68. The third kappa shape index (κ3) is 2.95. The standard InChI is InChI=1S/C15H15F3N2O/c16-15(17,18)11-4-1-3-10(7-11)8-12-9-20-13(19-12)5-2-6-14(20)21/h1,3-4,7,9,14,21H,2,5-6,8H2. The molecule has 0 fully saturated rings. The van der Waals surface area contributed by atoms with E-state index in [1.165, 1.54) is 6.07 Å². The Morgan fingerprint density at radius 2 is 2.14 bits per heavy atom. The fraction of sp³-hybridized carbons (Fsp3) is 0.400. The number of benzene rings is 1. The summed E-state index contributed by atoms with van der Waals surface area (Å²) in [5.74, 6) is 0.802. The highest BCUT2D eigenvalue weighted by Crippen LogP contribution is 2.30. The summed E-state index contributed by atoms with van der Waals surface area (Å²) in [6.07, 6.45) is -0.486. The SMILES string of the molecule is OC1CCCc2nc(Cc3cccc(C(F)(F)F)c3)cn21. The maximum absolute atomic E-state index is 12.7. The van der Waals surface area contributed by atoms with Gasteiger partial charge in [0.25, 0.3) is 0 Å². The summed E-state index contributed by atoms with van der Waals surface area (Å²) in [6.45, 7) is 0. The van der Waals surface area contributed by atoms with Crippen molar-refractivity contribution in [2.75, 3.05) is 0 Å². The van der Waals surface area contributed by atoms with E-state index in [0.29, 0.717) is 24.1 Å². The lowest BCUT2D eigenvalue weighted by Gasteiger charge is -2.19. The lowest BCUT2D eigenvalue weighted by Crippen LogP contribution is -2.16. The van der Waals surface area contributed by atoms with E-state index >= 15 is 0 Å². The van der Waals surface area contributed by atoms with E-state index in [4.69, 9.17) is 0 Å². The summed E-state index contributed by atoms with van der Waals surface area (Å²) in [5, 5.41) is 9.87. The van der Waals surface area contributed by atoms with Crippen LogP contribution in [0.15, 0.2) is 30.5 Å². The average Bonchev–Trinajstić information content (AvgIpc) is 2.82. The topological polar surface area (TPSA) is 38.1 Å². The van der Waals surface area contributed by atoms with Crippen molar-refractivity contribution in [3.63, 3.8) is 0 Å². The maximum Gasteiger partial charge on any atom is 0.416 e. The molecule has 0 amide bonds. The minimum Gasteiger partial charge on any atom is -0.373 e. The molecule has 6 heteroatoms. The normalized spacial score (nSPS) is 18.6. The first kappa shape index (κ1) is 14.1. The molecule has 1 aliphatic rings. The van der Waals surface area contributed by atoms with Gasteiger partial charge in [0.1, 0.15) is 12.1 Å². The maximum atomic E-state index is 12.7. The molecule has 2 heterocycles. The molecule has 112 valence electrons. The molecule has 1 atom stereocenters. The molecule has 3 nitrogen and oxygen atoms in total. The number of aryl methyl sites for hydroxylation is 1. The lowest BCUT2D eigenvalue weighted by atomic mass is 10.1. The summed E-state index contributed by atoms with van der Waals surface area (Å²) in [5.41, 5.74) is 0.601. The number of aliphatic hydroxyl groups excluding tert-OH is 1. The van der Waals surface area contributed by atoms with Crippen LogP contribution in [0.4, 0.5) is 13.2 Å². The molecule has 0 radical (unpaired) electrons. The molecule has 21 heavy (non-hydrogen) atoms. The number of aliphatic hydroxyl groups is 1. The Kier molecular flexibility index (Phi) is 3.49. The average molecular weight is 296 g/mol. The van der Waals surface area contributed by atoms with Gasteiger partial charge < -0.3 is 9.67 Å². The molecule has 3 rings (SSSR count). The molecule has 1 aromatic carbocycles. The number of rotatable bonds is 2. The van der Waals surface area contributed by atoms with Gasteiger partial charge in [-0.05, 0) is 24.5 Å². The fourth-order valence-corrected chi connectivity index (χ4v) is 2.66. The zero-order valence-corrected chi connectivity index (χ0v) is 11.3. The summed E-state index contributed by atoms with van der Waals surface area (Å²) in [4.78, 5) is 4.41. The highest BCUT2D eigenvalue weighted by molar-refractivity contribution is 5.28. The second kappa shape index (κ2) is 5.18. The molecular weight excluding hydrogens is 281 g/mol. The van der Waals surface area contributed by atoms with Crippen molar-refractivity contribution in [3.8, 4) is 0 Å². The molecule has 0 aliphatic carbocycles. The Balaban J connectivity index is 1.84. The van der Waals surface area contributed by atoms with Crippen molar-refractivity contribution in [3.05, 3.63) is 53.1 Å². The van der Waals surface area contributed by atoms with Crippen LogP contribution in [0.3, 0.4) is 0 Å². The minimum atomic E-state index is -4.33. The number of alkyl halides is 3. The molecule has 1 aromatic heterocycles. The van der Waals surface area contributed by atoms with Gasteiger partial charge >= 0.3 is 6.18 Å². The quantitative estimate of drug-likeness (QED) is 0.923. The highest BCUT2D eigenvalue weighted by atomic mass is 19.4. The van der Waals surface area contributed by atoms with E-state index in [1.807, 2.05) is 0 Å². The van der Waals surface area contributed by atoms with Crippen molar-refractivity contribution in [1.82, 2.24) is 9.55 Å². The smallest absolute Gasteiger partial charge is 0.373 e. The molecule has 1 unspecified atom stereocenters. The molecule has 0 saturated carbocycles. The molecule has 0 saturated heterocycles. The number of imidazole rings is 1. The molecule has 0 spiro atoms. The van der Waals surface area contributed by atoms with Gasteiger partial charge in [-0.25, -0.2) is 4.98 Å². The second-order valence-electron chi connectivity index (χ2n) is 5.30. The van der Waals surface area contributed by atoms with E-state index < -0.39 is 18.0 Å². The minimum absolute atomic E-state index is 0.330. The van der Waals surface area contributed by atoms with Gasteiger partial charge in [-0.1, -0.05) is 18.2 Å². The first-order chi connectivity index (χ1) is 9.93. The first-order valence-corrected chi connectivity index (χ1v) is 6.84. The lowest BCUT2D eigenvalue weighted by molar-refractivity contribution is -0.137. The first-order valence-electron chi connectivity index (χ1n) is 6.84. The van der Waals surface area contributed by atoms with Crippen LogP contribution in [0, 0.1) is 0 Å². The Hall–Kier alpha value is -1.82. The Bertz CT molecular complexity index is 649. The van der Waals surface area contributed by atoms with E-state index in [2.05, 4.69) is 4.98 Å². The van der Waals surface area contributed by atoms with Crippen molar-refractivity contribution in [2.45, 2.75) is 38.1 Å². The van der Waals surface area contributed by atoms with Crippen LogP contribution in [-0.2, 0) is 19.0 Å². The monoisotopic (exact) mass is 296 g/mol. The zero-order chi connectivity index (χ0) is 15.0. The van der Waals surface area contributed by atoms with Crippen molar-refractivity contribution >= 4 is 0 Å². The van der Waals surface area contributed by atoms with Crippen molar-refractivity contribution in [1.29, 1.82) is 0 Å². The molecule has 0 bridgehead atoms. The van der Waals surface area contributed by atoms with Gasteiger partial charge in [-0.15, -0.1) is 0 Å². The Morgan fingerprint density at radius 1 is 1.33 bits per heavy atom. The third-order valence-corrected chi connectivity index (χ3v) is 3.68. The molecule has 1 N–H and O–H groups in total. The van der Waals surface area contributed by atoms with Crippen molar-refractivity contribution < 1.29 is 18.3 Å². The second-order valence-corrected chi connectivity index (χ2v) is 5.30. The predicted molar refractivity (Wildman–Crippen MR) is 70.7 cm³/mol. The largest absolute Gasteiger partial charge is 0.416 e. The fourth-order valence-electron chi connectivity index (χ4n) is 2.66. The van der Waals surface area contributed by atoms with Crippen LogP contribution >= 0.6 is 0 Å².